The molecule has 0 aromatic rings. The molecule has 1 aliphatic heterocycles. The molecule has 0 aromatic carbocycles. The molecule has 0 spiro atoms. The van der Waals surface area contributed by atoms with Crippen LogP contribution in [0.15, 0.2) is 0 Å². The molecule has 1 rings (SSSR count). The van der Waals surface area contributed by atoms with Gasteiger partial charge in [0.25, 0.3) is 0 Å². The van der Waals surface area contributed by atoms with Gasteiger partial charge in [-0.3, -0.25) is 9.59 Å². The maximum atomic E-state index is 12.7. The van der Waals surface area contributed by atoms with E-state index in [1.165, 1.54) is 0 Å². The number of ether oxygens (including phenoxy) is 1. The van der Waals surface area contributed by atoms with E-state index in [0.29, 0.717) is 13.1 Å². The van der Waals surface area contributed by atoms with Crippen molar-refractivity contribution in [3.8, 4) is 0 Å². The molecular formula is C15H27NO4. The largest absolute Gasteiger partial charge is 0.481 e. The molecule has 1 saturated heterocycles. The van der Waals surface area contributed by atoms with Crippen LogP contribution in [-0.4, -0.2) is 46.2 Å². The van der Waals surface area contributed by atoms with Crippen LogP contribution in [0.5, 0.6) is 0 Å². The van der Waals surface area contributed by atoms with Gasteiger partial charge in [-0.1, -0.05) is 20.8 Å². The Kier molecular flexibility index (Phi) is 4.26. The Morgan fingerprint density at radius 3 is 1.80 bits per heavy atom. The molecule has 0 bridgehead atoms. The van der Waals surface area contributed by atoms with E-state index < -0.39 is 28.5 Å². The maximum Gasteiger partial charge on any atom is 0.316 e. The number of aliphatic carboxylic acids is 1. The van der Waals surface area contributed by atoms with Crippen molar-refractivity contribution in [2.75, 3.05) is 13.1 Å². The summed E-state index contributed by atoms with van der Waals surface area (Å²) in [5.41, 5.74) is -1.56. The summed E-state index contributed by atoms with van der Waals surface area (Å²) < 4.78 is 5.93. The standard InChI is InChI=1S/C15H27NO4/c1-13(2,3)10(12(18)19)11(17)16-8-14(4,5)20-15(6,7)9-16/h10H,8-9H2,1-7H3,(H,18,19). The lowest BCUT2D eigenvalue weighted by atomic mass is 9.79. The molecule has 1 heterocycles. The summed E-state index contributed by atoms with van der Waals surface area (Å²) in [5, 5.41) is 9.39. The predicted molar refractivity (Wildman–Crippen MR) is 76.4 cm³/mol. The van der Waals surface area contributed by atoms with Crippen molar-refractivity contribution in [3.63, 3.8) is 0 Å². The molecule has 5 nitrogen and oxygen atoms in total. The van der Waals surface area contributed by atoms with Gasteiger partial charge in [0.2, 0.25) is 5.91 Å². The second-order valence-electron chi connectivity index (χ2n) is 7.95. The summed E-state index contributed by atoms with van der Waals surface area (Å²) in [5.74, 6) is -2.42. The van der Waals surface area contributed by atoms with Crippen LogP contribution < -0.4 is 0 Å². The van der Waals surface area contributed by atoms with Gasteiger partial charge in [-0.05, 0) is 33.1 Å². The smallest absolute Gasteiger partial charge is 0.316 e. The van der Waals surface area contributed by atoms with E-state index in [1.54, 1.807) is 25.7 Å². The zero-order valence-electron chi connectivity index (χ0n) is 13.6. The van der Waals surface area contributed by atoms with Crippen LogP contribution in [0.25, 0.3) is 0 Å². The molecule has 1 aliphatic rings. The first-order valence-corrected chi connectivity index (χ1v) is 6.97. The van der Waals surface area contributed by atoms with Crippen LogP contribution in [0.2, 0.25) is 0 Å². The molecule has 20 heavy (non-hydrogen) atoms. The highest BCUT2D eigenvalue weighted by molar-refractivity contribution is 5.97. The first-order chi connectivity index (χ1) is 8.75. The van der Waals surface area contributed by atoms with Gasteiger partial charge in [-0.2, -0.15) is 0 Å². The van der Waals surface area contributed by atoms with Gasteiger partial charge < -0.3 is 14.7 Å². The number of hydrogen-bond acceptors (Lipinski definition) is 3. The molecule has 5 heteroatoms. The van der Waals surface area contributed by atoms with Gasteiger partial charge in [-0.15, -0.1) is 0 Å². The first-order valence-electron chi connectivity index (χ1n) is 6.97. The molecule has 1 atom stereocenters. The molecule has 1 N–H and O–H groups in total. The highest BCUT2D eigenvalue weighted by atomic mass is 16.5. The van der Waals surface area contributed by atoms with Crippen molar-refractivity contribution in [2.45, 2.75) is 59.7 Å². The molecule has 1 fully saturated rings. The molecule has 116 valence electrons. The minimum Gasteiger partial charge on any atom is -0.481 e. The number of carbonyl (C=O) groups excluding carboxylic acids is 1. The molecule has 1 amide bonds. The summed E-state index contributed by atoms with van der Waals surface area (Å²) in [6.45, 7) is 13.8. The third kappa shape index (κ3) is 3.95. The third-order valence-corrected chi connectivity index (χ3v) is 3.37. The van der Waals surface area contributed by atoms with E-state index in [1.807, 2.05) is 27.7 Å². The number of carbonyl (C=O) groups is 2. The summed E-state index contributed by atoms with van der Waals surface area (Å²) in [6, 6.07) is 0. The van der Waals surface area contributed by atoms with Gasteiger partial charge in [0.1, 0.15) is 5.92 Å². The third-order valence-electron chi connectivity index (χ3n) is 3.37. The summed E-state index contributed by atoms with van der Waals surface area (Å²) in [6.07, 6.45) is 0. The topological polar surface area (TPSA) is 66.8 Å². The SMILES string of the molecule is CC1(C)CN(C(=O)C(C(=O)O)C(C)(C)C)CC(C)(C)O1. The Balaban J connectivity index is 3.04. The van der Waals surface area contributed by atoms with E-state index >= 15 is 0 Å². The van der Waals surface area contributed by atoms with E-state index in [-0.39, 0.29) is 5.91 Å². The fourth-order valence-corrected chi connectivity index (χ4v) is 2.97. The van der Waals surface area contributed by atoms with Crippen molar-refractivity contribution in [3.05, 3.63) is 0 Å². The Hall–Kier alpha value is -1.10. The van der Waals surface area contributed by atoms with Crippen LogP contribution in [-0.2, 0) is 14.3 Å². The molecule has 0 aromatic heterocycles. The Morgan fingerprint density at radius 2 is 1.50 bits per heavy atom. The number of nitrogens with zero attached hydrogens (tertiary/aromatic N) is 1. The van der Waals surface area contributed by atoms with Crippen molar-refractivity contribution >= 4 is 11.9 Å². The number of carboxylic acids is 1. The normalized spacial score (nSPS) is 23.2. The number of hydrogen-bond donors (Lipinski definition) is 1. The van der Waals surface area contributed by atoms with Gasteiger partial charge in [0, 0.05) is 13.1 Å². The molecule has 0 radical (unpaired) electrons. The van der Waals surface area contributed by atoms with Crippen LogP contribution in [0.1, 0.15) is 48.5 Å². The predicted octanol–water partition coefficient (Wildman–Crippen LogP) is 2.15. The first kappa shape index (κ1) is 17.0. The lowest BCUT2D eigenvalue weighted by Crippen LogP contribution is -2.61. The lowest BCUT2D eigenvalue weighted by Gasteiger charge is -2.48. The Labute approximate surface area is 121 Å². The number of morpholine rings is 1. The molecular weight excluding hydrogens is 258 g/mol. The summed E-state index contributed by atoms with van der Waals surface area (Å²) in [7, 11) is 0. The number of carboxylic acid groups (broad SMARTS) is 1. The molecule has 1 unspecified atom stereocenters. The van der Waals surface area contributed by atoms with Gasteiger partial charge in [0.15, 0.2) is 0 Å². The monoisotopic (exact) mass is 285 g/mol. The van der Waals surface area contributed by atoms with E-state index in [4.69, 9.17) is 4.74 Å². The van der Waals surface area contributed by atoms with E-state index in [2.05, 4.69) is 0 Å². The van der Waals surface area contributed by atoms with Crippen molar-refractivity contribution in [2.24, 2.45) is 11.3 Å². The average Bonchev–Trinajstić information content (AvgIpc) is 2.08. The van der Waals surface area contributed by atoms with Crippen LogP contribution in [0.4, 0.5) is 0 Å². The fraction of sp³-hybridized carbons (Fsp3) is 0.867. The second-order valence-corrected chi connectivity index (χ2v) is 7.95. The lowest BCUT2D eigenvalue weighted by molar-refractivity contribution is -0.193. The van der Waals surface area contributed by atoms with Gasteiger partial charge in [0.05, 0.1) is 11.2 Å². The second kappa shape index (κ2) is 5.02. The Bertz CT molecular complexity index is 391. The van der Waals surface area contributed by atoms with E-state index in [9.17, 15) is 14.7 Å². The highest BCUT2D eigenvalue weighted by Crippen LogP contribution is 2.33. The van der Waals surface area contributed by atoms with Crippen molar-refractivity contribution < 1.29 is 19.4 Å². The number of amides is 1. The fourth-order valence-electron chi connectivity index (χ4n) is 2.97. The molecule has 0 saturated carbocycles. The van der Waals surface area contributed by atoms with Crippen LogP contribution in [0, 0.1) is 11.3 Å². The molecule has 0 aliphatic carbocycles. The van der Waals surface area contributed by atoms with Crippen LogP contribution in [0.3, 0.4) is 0 Å². The summed E-state index contributed by atoms with van der Waals surface area (Å²) in [4.78, 5) is 25.8. The van der Waals surface area contributed by atoms with Gasteiger partial charge in [-0.25, -0.2) is 0 Å². The van der Waals surface area contributed by atoms with Gasteiger partial charge >= 0.3 is 5.97 Å². The van der Waals surface area contributed by atoms with Crippen molar-refractivity contribution in [1.82, 2.24) is 4.90 Å². The quantitative estimate of drug-likeness (QED) is 0.789. The summed E-state index contributed by atoms with van der Waals surface area (Å²) >= 11 is 0. The van der Waals surface area contributed by atoms with Crippen LogP contribution >= 0.6 is 0 Å². The minimum absolute atomic E-state index is 0.325. The minimum atomic E-state index is -1.07. The maximum absolute atomic E-state index is 12.7. The zero-order valence-corrected chi connectivity index (χ0v) is 13.6. The Morgan fingerprint density at radius 1 is 1.10 bits per heavy atom. The zero-order chi connectivity index (χ0) is 15.9. The average molecular weight is 285 g/mol. The highest BCUT2D eigenvalue weighted by Gasteiger charge is 2.46. The number of rotatable bonds is 2. The van der Waals surface area contributed by atoms with E-state index in [0.717, 1.165) is 0 Å². The van der Waals surface area contributed by atoms with Crippen molar-refractivity contribution in [1.29, 1.82) is 0 Å².